The van der Waals surface area contributed by atoms with E-state index >= 15 is 0 Å². The Morgan fingerprint density at radius 2 is 2.24 bits per heavy atom. The topological polar surface area (TPSA) is 53.1 Å². The van der Waals surface area contributed by atoms with E-state index in [0.717, 1.165) is 11.3 Å². The minimum atomic E-state index is 0.477. The van der Waals surface area contributed by atoms with Crippen LogP contribution in [-0.2, 0) is 7.05 Å². The fourth-order valence-corrected chi connectivity index (χ4v) is 1.79. The second-order valence-electron chi connectivity index (χ2n) is 3.67. The molecule has 2 aromatic rings. The molecular formula is C12H14ClN3O. The molecule has 1 aromatic carbocycles. The number of halogens is 1. The first kappa shape index (κ1) is 11.8. The van der Waals surface area contributed by atoms with Crippen molar-refractivity contribution < 1.29 is 4.74 Å². The Balaban J connectivity index is 2.37. The number of aromatic nitrogens is 2. The van der Waals surface area contributed by atoms with Crippen LogP contribution in [0.25, 0.3) is 11.3 Å². The average molecular weight is 252 g/mol. The van der Waals surface area contributed by atoms with Crippen molar-refractivity contribution in [1.82, 2.24) is 9.55 Å². The smallest absolute Gasteiger partial charge is 0.200 e. The average Bonchev–Trinajstić information content (AvgIpc) is 2.62. The third kappa shape index (κ3) is 2.36. The summed E-state index contributed by atoms with van der Waals surface area (Å²) in [6.45, 7) is 2.51. The van der Waals surface area contributed by atoms with Gasteiger partial charge in [0.2, 0.25) is 0 Å². The summed E-state index contributed by atoms with van der Waals surface area (Å²) in [6, 6.07) is 5.58. The van der Waals surface area contributed by atoms with Crippen molar-refractivity contribution in [2.75, 3.05) is 12.3 Å². The Hall–Kier alpha value is -1.68. The van der Waals surface area contributed by atoms with E-state index < -0.39 is 0 Å². The van der Waals surface area contributed by atoms with E-state index in [9.17, 15) is 0 Å². The molecule has 90 valence electrons. The molecule has 0 aliphatic heterocycles. The van der Waals surface area contributed by atoms with Crippen molar-refractivity contribution in [3.63, 3.8) is 0 Å². The molecule has 0 saturated carbocycles. The zero-order chi connectivity index (χ0) is 12.4. The quantitative estimate of drug-likeness (QED) is 0.913. The number of nitrogen functional groups attached to an aromatic ring is 1. The van der Waals surface area contributed by atoms with Crippen molar-refractivity contribution >= 4 is 17.5 Å². The molecule has 2 N–H and O–H groups in total. The summed E-state index contributed by atoms with van der Waals surface area (Å²) in [5.74, 6) is 1.16. The van der Waals surface area contributed by atoms with Gasteiger partial charge in [0.15, 0.2) is 5.95 Å². The molecule has 0 unspecified atom stereocenters. The molecular weight excluding hydrogens is 238 g/mol. The van der Waals surface area contributed by atoms with Crippen LogP contribution in [0.3, 0.4) is 0 Å². The van der Waals surface area contributed by atoms with E-state index in [2.05, 4.69) is 4.98 Å². The largest absolute Gasteiger partial charge is 0.492 e. The number of hydrogen-bond donors (Lipinski definition) is 1. The van der Waals surface area contributed by atoms with Crippen LogP contribution in [0.5, 0.6) is 5.75 Å². The van der Waals surface area contributed by atoms with E-state index in [1.165, 1.54) is 0 Å². The van der Waals surface area contributed by atoms with Gasteiger partial charge in [0.05, 0.1) is 17.3 Å². The molecule has 1 heterocycles. The molecule has 0 saturated heterocycles. The highest BCUT2D eigenvalue weighted by molar-refractivity contribution is 6.32. The second kappa shape index (κ2) is 4.67. The first-order chi connectivity index (χ1) is 8.11. The van der Waals surface area contributed by atoms with Crippen molar-refractivity contribution in [2.45, 2.75) is 6.92 Å². The Labute approximate surface area is 105 Å². The standard InChI is InChI=1S/C12H14ClN3O/c1-3-17-11-5-4-8(6-9(11)13)10-7-16(2)12(14)15-10/h4-7H,3H2,1-2H3,(H2,14,15). The minimum absolute atomic E-state index is 0.477. The third-order valence-electron chi connectivity index (χ3n) is 2.44. The summed E-state index contributed by atoms with van der Waals surface area (Å²) in [7, 11) is 1.85. The number of nitrogens with zero attached hydrogens (tertiary/aromatic N) is 2. The van der Waals surface area contributed by atoms with E-state index in [4.69, 9.17) is 22.1 Å². The van der Waals surface area contributed by atoms with Crippen molar-refractivity contribution in [2.24, 2.45) is 7.05 Å². The van der Waals surface area contributed by atoms with Crippen LogP contribution in [0.15, 0.2) is 24.4 Å². The van der Waals surface area contributed by atoms with Crippen LogP contribution in [0, 0.1) is 0 Å². The molecule has 4 nitrogen and oxygen atoms in total. The van der Waals surface area contributed by atoms with Gasteiger partial charge in [-0.25, -0.2) is 4.98 Å². The highest BCUT2D eigenvalue weighted by atomic mass is 35.5. The maximum absolute atomic E-state index is 6.11. The fraction of sp³-hybridized carbons (Fsp3) is 0.250. The van der Waals surface area contributed by atoms with Gasteiger partial charge < -0.3 is 15.0 Å². The van der Waals surface area contributed by atoms with Gasteiger partial charge >= 0.3 is 0 Å². The summed E-state index contributed by atoms with van der Waals surface area (Å²) in [6.07, 6.45) is 1.86. The molecule has 0 fully saturated rings. The molecule has 2 rings (SSSR count). The summed E-state index contributed by atoms with van der Waals surface area (Å²) in [5.41, 5.74) is 7.41. The van der Waals surface area contributed by atoms with Gasteiger partial charge in [-0.1, -0.05) is 11.6 Å². The fourth-order valence-electron chi connectivity index (χ4n) is 1.55. The first-order valence-corrected chi connectivity index (χ1v) is 5.71. The number of imidazole rings is 1. The van der Waals surface area contributed by atoms with Crippen LogP contribution in [0.2, 0.25) is 5.02 Å². The molecule has 0 aliphatic carbocycles. The SMILES string of the molecule is CCOc1ccc(-c2cn(C)c(N)n2)cc1Cl. The predicted octanol–water partition coefficient (Wildman–Crippen LogP) is 2.72. The first-order valence-electron chi connectivity index (χ1n) is 5.33. The monoisotopic (exact) mass is 251 g/mol. The van der Waals surface area contributed by atoms with Crippen molar-refractivity contribution in [3.8, 4) is 17.0 Å². The lowest BCUT2D eigenvalue weighted by molar-refractivity contribution is 0.340. The Morgan fingerprint density at radius 1 is 1.47 bits per heavy atom. The van der Waals surface area contributed by atoms with E-state index in [1.807, 2.05) is 38.4 Å². The Bertz CT molecular complexity index is 517. The zero-order valence-electron chi connectivity index (χ0n) is 9.77. The van der Waals surface area contributed by atoms with Gasteiger partial charge in [0.1, 0.15) is 5.75 Å². The predicted molar refractivity (Wildman–Crippen MR) is 69.2 cm³/mol. The van der Waals surface area contributed by atoms with Gasteiger partial charge in [-0.2, -0.15) is 0 Å². The summed E-state index contributed by atoms with van der Waals surface area (Å²) < 4.78 is 7.14. The van der Waals surface area contributed by atoms with Gasteiger partial charge in [-0.05, 0) is 25.1 Å². The Kier molecular flexibility index (Phi) is 3.24. The van der Waals surface area contributed by atoms with E-state index in [0.29, 0.717) is 23.3 Å². The van der Waals surface area contributed by atoms with Crippen molar-refractivity contribution in [3.05, 3.63) is 29.4 Å². The van der Waals surface area contributed by atoms with Crippen LogP contribution < -0.4 is 10.5 Å². The van der Waals surface area contributed by atoms with E-state index in [-0.39, 0.29) is 0 Å². The maximum atomic E-state index is 6.11. The number of anilines is 1. The van der Waals surface area contributed by atoms with Gasteiger partial charge in [0, 0.05) is 18.8 Å². The molecule has 5 heteroatoms. The third-order valence-corrected chi connectivity index (χ3v) is 2.74. The minimum Gasteiger partial charge on any atom is -0.492 e. The molecule has 0 spiro atoms. The van der Waals surface area contributed by atoms with Gasteiger partial charge in [-0.3, -0.25) is 0 Å². The van der Waals surface area contributed by atoms with E-state index in [1.54, 1.807) is 4.57 Å². The maximum Gasteiger partial charge on any atom is 0.200 e. The summed E-state index contributed by atoms with van der Waals surface area (Å²) in [5, 5.41) is 0.577. The molecule has 1 aromatic heterocycles. The van der Waals surface area contributed by atoms with Crippen LogP contribution in [0.1, 0.15) is 6.92 Å². The van der Waals surface area contributed by atoms with Gasteiger partial charge in [-0.15, -0.1) is 0 Å². The molecule has 17 heavy (non-hydrogen) atoms. The molecule has 0 bridgehead atoms. The molecule has 0 amide bonds. The number of benzene rings is 1. The Morgan fingerprint density at radius 3 is 2.76 bits per heavy atom. The molecule has 0 aliphatic rings. The molecule has 0 radical (unpaired) electrons. The van der Waals surface area contributed by atoms with Crippen molar-refractivity contribution in [1.29, 1.82) is 0 Å². The lowest BCUT2D eigenvalue weighted by Crippen LogP contribution is -1.94. The number of aryl methyl sites for hydroxylation is 1. The summed E-state index contributed by atoms with van der Waals surface area (Å²) >= 11 is 6.11. The highest BCUT2D eigenvalue weighted by Crippen LogP contribution is 2.30. The van der Waals surface area contributed by atoms with Crippen LogP contribution in [0.4, 0.5) is 5.95 Å². The number of rotatable bonds is 3. The van der Waals surface area contributed by atoms with Crippen LogP contribution >= 0.6 is 11.6 Å². The number of hydrogen-bond acceptors (Lipinski definition) is 3. The number of ether oxygens (including phenoxy) is 1. The van der Waals surface area contributed by atoms with Crippen LogP contribution in [-0.4, -0.2) is 16.2 Å². The highest BCUT2D eigenvalue weighted by Gasteiger charge is 2.08. The lowest BCUT2D eigenvalue weighted by Gasteiger charge is -2.06. The normalized spacial score (nSPS) is 10.5. The lowest BCUT2D eigenvalue weighted by atomic mass is 10.1. The van der Waals surface area contributed by atoms with Gasteiger partial charge in [0.25, 0.3) is 0 Å². The second-order valence-corrected chi connectivity index (χ2v) is 4.08. The molecule has 0 atom stereocenters. The number of nitrogens with two attached hydrogens (primary N) is 1. The summed E-state index contributed by atoms with van der Waals surface area (Å²) in [4.78, 5) is 4.24. The zero-order valence-corrected chi connectivity index (χ0v) is 10.5.